The van der Waals surface area contributed by atoms with Gasteiger partial charge in [0, 0.05) is 20.8 Å². The standard InChI is InChI=1S/C48H76O38/c1-11(53)70-8-18-39-25(60)32(67)46(77-18)82-37-16(6-51)73-42(28(63)21(37)56)81-36-15(5-50)76-45(31(66)24(36)59)85-40-19(9-71-12(2)54)79-48(34(69)27(40)62)86-41-20(10-72-13(3)55)78-47(33(68)26(41)61)83-38-17(7-52)74-43(29(64)22(38)57)80-35-14(4-49)75-44(84-39)30(65)23(35)58/h14-52,56-69H,4-10H2,1-3H3/t14-,15-,16-,17-,18-,19-,20-,21-,22-,23-,24-,25-,26-,27-,28-,29-,30-,31-,32-,33-,34-,35-,36-,37-,38-,39-,40-,41-,42?,43?,44?,45?,46?,47?,48?/m1/s1. The van der Waals surface area contributed by atoms with Crippen LogP contribution in [-0.4, -0.2) is 371 Å². The van der Waals surface area contributed by atoms with Crippen molar-refractivity contribution in [1.29, 1.82) is 0 Å². The molecule has 0 spiro atoms. The van der Waals surface area contributed by atoms with Gasteiger partial charge in [-0.1, -0.05) is 0 Å². The highest BCUT2D eigenvalue weighted by atomic mass is 16.8. The second-order valence-electron chi connectivity index (χ2n) is 21.5. The number of aliphatic hydroxyl groups is 18. The summed E-state index contributed by atoms with van der Waals surface area (Å²) in [5, 5.41) is 203. The van der Waals surface area contributed by atoms with E-state index in [4.69, 9.17) is 80.5 Å². The van der Waals surface area contributed by atoms with E-state index in [2.05, 4.69) is 0 Å². The van der Waals surface area contributed by atoms with Crippen LogP contribution in [0.15, 0.2) is 0 Å². The minimum Gasteiger partial charge on any atom is -0.463 e. The zero-order valence-corrected chi connectivity index (χ0v) is 45.9. The van der Waals surface area contributed by atoms with E-state index in [0.29, 0.717) is 0 Å². The molecule has 38 heteroatoms. The second kappa shape index (κ2) is 29.6. The molecule has 35 atom stereocenters. The summed E-state index contributed by atoms with van der Waals surface area (Å²) in [5.74, 6) is -2.80. The van der Waals surface area contributed by atoms with E-state index in [0.717, 1.165) is 20.8 Å². The fourth-order valence-corrected chi connectivity index (χ4v) is 11.0. The summed E-state index contributed by atoms with van der Waals surface area (Å²) in [4.78, 5) is 36.3. The molecule has 0 aromatic rings. The molecule has 21 heterocycles. The largest absolute Gasteiger partial charge is 0.463 e. The fraction of sp³-hybridized carbons (Fsp3) is 0.938. The van der Waals surface area contributed by atoms with Crippen molar-refractivity contribution >= 4 is 17.9 Å². The zero-order chi connectivity index (χ0) is 62.9. The van der Waals surface area contributed by atoms with Gasteiger partial charge in [0.25, 0.3) is 0 Å². The number of hydrogen-bond acceptors (Lipinski definition) is 38. The molecule has 21 aliphatic heterocycles. The summed E-state index contributed by atoms with van der Waals surface area (Å²) in [7, 11) is 0. The van der Waals surface area contributed by atoms with Gasteiger partial charge in [0.1, 0.15) is 191 Å². The third-order valence-electron chi connectivity index (χ3n) is 15.6. The minimum atomic E-state index is -2.28. The minimum absolute atomic E-state index is 0.829. The molecule has 14 bridgehead atoms. The first-order valence-electron chi connectivity index (χ1n) is 27.3. The normalized spacial score (nSPS) is 50.5. The topological polar surface area (TPSA) is 572 Å². The Labute approximate surface area is 486 Å². The highest BCUT2D eigenvalue weighted by Gasteiger charge is 2.60. The lowest BCUT2D eigenvalue weighted by molar-refractivity contribution is -0.396. The predicted molar refractivity (Wildman–Crippen MR) is 257 cm³/mol. The Morgan fingerprint density at radius 1 is 0.244 bits per heavy atom. The lowest BCUT2D eigenvalue weighted by Crippen LogP contribution is -2.68. The van der Waals surface area contributed by atoms with Crippen molar-refractivity contribution in [1.82, 2.24) is 0 Å². The number of carbonyl (C=O) groups is 3. The van der Waals surface area contributed by atoms with Crippen LogP contribution in [0.4, 0.5) is 0 Å². The molecule has 0 aromatic carbocycles. The van der Waals surface area contributed by atoms with Crippen LogP contribution in [0.5, 0.6) is 0 Å². The molecule has 0 radical (unpaired) electrons. The van der Waals surface area contributed by atoms with Gasteiger partial charge in [0.15, 0.2) is 44.0 Å². The molecule has 86 heavy (non-hydrogen) atoms. The van der Waals surface area contributed by atoms with E-state index < -0.39 is 279 Å². The highest BCUT2D eigenvalue weighted by Crippen LogP contribution is 2.39. The van der Waals surface area contributed by atoms with Crippen LogP contribution < -0.4 is 0 Å². The van der Waals surface area contributed by atoms with Gasteiger partial charge in [-0.2, -0.15) is 0 Å². The Balaban J connectivity index is 1.12. The van der Waals surface area contributed by atoms with Crippen LogP contribution in [0.25, 0.3) is 0 Å². The molecule has 0 aromatic heterocycles. The molecule has 21 saturated heterocycles. The Hall–Kier alpha value is -2.87. The van der Waals surface area contributed by atoms with E-state index in [9.17, 15) is 106 Å². The van der Waals surface area contributed by atoms with E-state index in [1.165, 1.54) is 0 Å². The zero-order valence-electron chi connectivity index (χ0n) is 45.9. The predicted octanol–water partition coefficient (Wildman–Crippen LogP) is -13.5. The monoisotopic (exact) mass is 1260 g/mol. The van der Waals surface area contributed by atoms with Gasteiger partial charge in [-0.05, 0) is 0 Å². The molecular formula is C48H76O38. The summed E-state index contributed by atoms with van der Waals surface area (Å²) < 4.78 is 96.5. The van der Waals surface area contributed by atoms with Gasteiger partial charge in [0.05, 0.1) is 26.4 Å². The maximum absolute atomic E-state index is 12.1. The molecule has 18 N–H and O–H groups in total. The Bertz CT molecular complexity index is 2160. The van der Waals surface area contributed by atoms with Crippen LogP contribution in [0, 0.1) is 0 Å². The van der Waals surface area contributed by atoms with Crippen LogP contribution in [0.2, 0.25) is 0 Å². The average Bonchev–Trinajstić information content (AvgIpc) is 1.09. The smallest absolute Gasteiger partial charge is 0.302 e. The van der Waals surface area contributed by atoms with Crippen LogP contribution >= 0.6 is 0 Å². The molecule has 0 aliphatic carbocycles. The van der Waals surface area contributed by atoms with E-state index in [1.54, 1.807) is 0 Å². The Morgan fingerprint density at radius 3 is 0.523 bits per heavy atom. The molecule has 496 valence electrons. The molecule has 38 nitrogen and oxygen atoms in total. The molecule has 7 unspecified atom stereocenters. The number of esters is 3. The molecule has 0 amide bonds. The van der Waals surface area contributed by atoms with Gasteiger partial charge in [-0.15, -0.1) is 0 Å². The van der Waals surface area contributed by atoms with E-state index >= 15 is 0 Å². The molecular weight excluding hydrogens is 1180 g/mol. The van der Waals surface area contributed by atoms with Crippen molar-refractivity contribution in [2.75, 3.05) is 46.2 Å². The first-order chi connectivity index (χ1) is 40.7. The number of ether oxygens (including phenoxy) is 17. The van der Waals surface area contributed by atoms with Gasteiger partial charge < -0.3 is 172 Å². The Morgan fingerprint density at radius 2 is 0.384 bits per heavy atom. The summed E-state index contributed by atoms with van der Waals surface area (Å²) >= 11 is 0. The van der Waals surface area contributed by atoms with Crippen molar-refractivity contribution in [2.45, 2.75) is 236 Å². The first kappa shape index (κ1) is 69.0. The SMILES string of the molecule is CC(=O)OC[C@H]1OC2O[C@H]3[C@H](O)[C@@H](O)C(O[C@H]4[C@H](O)[C@@H](O)C(O[C@H]5[C@H](O)[C@@H](O)C(O[C@H]6[C@H](O)[C@@H](O)C(O[C@H]7[C@H](O)[C@@H](O)C(O[C@H]8[C@H](O)[C@@H](O)C(O[C@H]1[C@H](O)[C@H]2O)O[C@@H]8CO)O[C@@H]7CO)O[C@@H]6COC(C)=O)O[C@@H]5COC(C)=O)O[C@@H]4CO)O[C@@H]3CO. The van der Waals surface area contributed by atoms with Crippen LogP contribution in [0.3, 0.4) is 0 Å². The second-order valence-corrected chi connectivity index (χ2v) is 21.5. The number of aliphatic hydroxyl groups excluding tert-OH is 18. The quantitative estimate of drug-likeness (QED) is 0.0713. The first-order valence-corrected chi connectivity index (χ1v) is 27.3. The van der Waals surface area contributed by atoms with Crippen molar-refractivity contribution in [2.24, 2.45) is 0 Å². The fourth-order valence-electron chi connectivity index (χ4n) is 11.0. The third kappa shape index (κ3) is 14.7. The molecule has 21 aliphatic rings. The summed E-state index contributed by atoms with van der Waals surface area (Å²) in [6.07, 6.45) is -72.3. The van der Waals surface area contributed by atoms with Crippen molar-refractivity contribution in [3.63, 3.8) is 0 Å². The molecule has 21 rings (SSSR count). The van der Waals surface area contributed by atoms with Crippen molar-refractivity contribution < 1.29 is 187 Å². The van der Waals surface area contributed by atoms with Crippen LogP contribution in [0.1, 0.15) is 20.8 Å². The average molecular weight is 1260 g/mol. The van der Waals surface area contributed by atoms with Gasteiger partial charge in [0.2, 0.25) is 0 Å². The van der Waals surface area contributed by atoms with Crippen molar-refractivity contribution in [3.05, 3.63) is 0 Å². The number of hydrogen-bond donors (Lipinski definition) is 18. The van der Waals surface area contributed by atoms with E-state index in [-0.39, 0.29) is 0 Å². The van der Waals surface area contributed by atoms with Gasteiger partial charge in [-0.25, -0.2) is 0 Å². The molecule has 21 fully saturated rings. The lowest BCUT2D eigenvalue weighted by Gasteiger charge is -2.50. The molecule has 0 saturated carbocycles. The van der Waals surface area contributed by atoms with Gasteiger partial charge in [-0.3, -0.25) is 14.4 Å². The third-order valence-corrected chi connectivity index (χ3v) is 15.6. The highest BCUT2D eigenvalue weighted by molar-refractivity contribution is 5.66. The number of rotatable bonds is 10. The summed E-state index contributed by atoms with van der Waals surface area (Å²) in [6.45, 7) is -3.95. The Kier molecular flexibility index (Phi) is 23.8. The van der Waals surface area contributed by atoms with Crippen molar-refractivity contribution in [3.8, 4) is 0 Å². The maximum Gasteiger partial charge on any atom is 0.302 e. The van der Waals surface area contributed by atoms with E-state index in [1.807, 2.05) is 0 Å². The summed E-state index contributed by atoms with van der Waals surface area (Å²) in [5.41, 5.74) is 0. The van der Waals surface area contributed by atoms with Gasteiger partial charge >= 0.3 is 17.9 Å². The summed E-state index contributed by atoms with van der Waals surface area (Å²) in [6, 6.07) is 0. The lowest BCUT2D eigenvalue weighted by atomic mass is 9.95. The number of carbonyl (C=O) groups excluding carboxylic acids is 3. The van der Waals surface area contributed by atoms with Crippen LogP contribution in [-0.2, 0) is 94.9 Å². The maximum atomic E-state index is 12.1.